The van der Waals surface area contributed by atoms with Crippen LogP contribution in [0.25, 0.3) is 0 Å². The third-order valence-corrected chi connectivity index (χ3v) is 3.71. The summed E-state index contributed by atoms with van der Waals surface area (Å²) in [5, 5.41) is 21.2. The first-order chi connectivity index (χ1) is 9.04. The minimum atomic E-state index is -0.397. The fourth-order valence-corrected chi connectivity index (χ4v) is 2.52. The van der Waals surface area contributed by atoms with Gasteiger partial charge in [-0.1, -0.05) is 0 Å². The van der Waals surface area contributed by atoms with Gasteiger partial charge in [-0.15, -0.1) is 11.3 Å². The predicted octanol–water partition coefficient (Wildman–Crippen LogP) is 2.75. The number of thiazole rings is 1. The molecule has 2 heterocycles. The molecule has 0 aliphatic heterocycles. The molecule has 1 unspecified atom stereocenters. The minimum absolute atomic E-state index is 0.0326. The first kappa shape index (κ1) is 13.5. The quantitative estimate of drug-likeness (QED) is 0.672. The normalized spacial score (nSPS) is 12.4. The molecule has 102 valence electrons. The molecule has 0 fully saturated rings. The van der Waals surface area contributed by atoms with E-state index in [2.05, 4.69) is 15.4 Å². The Morgan fingerprint density at radius 3 is 2.89 bits per heavy atom. The Labute approximate surface area is 114 Å². The Hall–Kier alpha value is -1.96. The fourth-order valence-electron chi connectivity index (χ4n) is 1.88. The first-order valence-electron chi connectivity index (χ1n) is 5.92. The topological polar surface area (TPSA) is 85.9 Å². The molecule has 0 saturated carbocycles. The number of nitrogens with zero attached hydrogens (tertiary/aromatic N) is 4. The van der Waals surface area contributed by atoms with Gasteiger partial charge >= 0.3 is 5.69 Å². The highest BCUT2D eigenvalue weighted by molar-refractivity contribution is 7.09. The molecular weight excluding hydrogens is 266 g/mol. The molecule has 0 bridgehead atoms. The summed E-state index contributed by atoms with van der Waals surface area (Å²) in [5.74, 6) is 0.438. The average molecular weight is 281 g/mol. The highest BCUT2D eigenvalue weighted by Gasteiger charge is 2.26. The number of hydrogen-bond acceptors (Lipinski definition) is 6. The summed E-state index contributed by atoms with van der Waals surface area (Å²) in [6.45, 7) is 6.03. The van der Waals surface area contributed by atoms with Crippen LogP contribution in [0.5, 0.6) is 0 Å². The van der Waals surface area contributed by atoms with Crippen molar-refractivity contribution in [2.45, 2.75) is 33.4 Å². The van der Waals surface area contributed by atoms with E-state index >= 15 is 0 Å². The molecule has 2 aromatic heterocycles. The first-order valence-corrected chi connectivity index (χ1v) is 6.80. The maximum absolute atomic E-state index is 11.1. The molecule has 2 aromatic rings. The lowest BCUT2D eigenvalue weighted by molar-refractivity contribution is -0.384. The largest absolute Gasteiger partial charge is 0.356 e. The monoisotopic (exact) mass is 281 g/mol. The SMILES string of the molecule is CCn1nc(C)c([N+](=O)[O-])c1NC(C)c1nccs1. The Morgan fingerprint density at radius 1 is 1.63 bits per heavy atom. The minimum Gasteiger partial charge on any atom is -0.356 e. The number of nitrogens with one attached hydrogen (secondary N) is 1. The van der Waals surface area contributed by atoms with E-state index in [0.29, 0.717) is 18.1 Å². The molecular formula is C11H15N5O2S. The molecule has 0 aromatic carbocycles. The van der Waals surface area contributed by atoms with Gasteiger partial charge in [0.1, 0.15) is 10.7 Å². The molecule has 0 radical (unpaired) electrons. The van der Waals surface area contributed by atoms with Gasteiger partial charge in [0.05, 0.1) is 11.0 Å². The van der Waals surface area contributed by atoms with Gasteiger partial charge in [-0.2, -0.15) is 5.10 Å². The summed E-state index contributed by atoms with van der Waals surface area (Å²) in [6, 6.07) is -0.0971. The van der Waals surface area contributed by atoms with Gasteiger partial charge in [-0.3, -0.25) is 10.1 Å². The lowest BCUT2D eigenvalue weighted by atomic mass is 10.3. The third-order valence-electron chi connectivity index (χ3n) is 2.75. The van der Waals surface area contributed by atoms with Crippen LogP contribution in [0.3, 0.4) is 0 Å². The van der Waals surface area contributed by atoms with Crippen molar-refractivity contribution in [2.75, 3.05) is 5.32 Å². The Bertz CT molecular complexity index is 578. The summed E-state index contributed by atoms with van der Waals surface area (Å²) in [7, 11) is 0. The Kier molecular flexibility index (Phi) is 3.79. The van der Waals surface area contributed by atoms with Crippen LogP contribution in [-0.2, 0) is 6.54 Å². The molecule has 1 atom stereocenters. The smallest absolute Gasteiger partial charge is 0.333 e. The molecule has 7 nitrogen and oxygen atoms in total. The van der Waals surface area contributed by atoms with Crippen LogP contribution < -0.4 is 5.32 Å². The van der Waals surface area contributed by atoms with Crippen LogP contribution >= 0.6 is 11.3 Å². The van der Waals surface area contributed by atoms with Crippen molar-refractivity contribution in [3.05, 3.63) is 32.4 Å². The van der Waals surface area contributed by atoms with E-state index in [0.717, 1.165) is 5.01 Å². The summed E-state index contributed by atoms with van der Waals surface area (Å²) >= 11 is 1.51. The Balaban J connectivity index is 2.35. The van der Waals surface area contributed by atoms with Gasteiger partial charge in [0.2, 0.25) is 5.82 Å². The summed E-state index contributed by atoms with van der Waals surface area (Å²) < 4.78 is 1.61. The highest BCUT2D eigenvalue weighted by atomic mass is 32.1. The molecule has 0 aliphatic rings. The van der Waals surface area contributed by atoms with Gasteiger partial charge in [0.25, 0.3) is 0 Å². The molecule has 2 rings (SSSR count). The van der Waals surface area contributed by atoms with Gasteiger partial charge in [-0.25, -0.2) is 9.67 Å². The lowest BCUT2D eigenvalue weighted by Crippen LogP contribution is -2.12. The van der Waals surface area contributed by atoms with Gasteiger partial charge in [0.15, 0.2) is 0 Å². The maximum Gasteiger partial charge on any atom is 0.333 e. The van der Waals surface area contributed by atoms with E-state index in [4.69, 9.17) is 0 Å². The molecule has 0 spiro atoms. The highest BCUT2D eigenvalue weighted by Crippen LogP contribution is 2.31. The van der Waals surface area contributed by atoms with Gasteiger partial charge in [-0.05, 0) is 20.8 Å². The van der Waals surface area contributed by atoms with E-state index in [1.807, 2.05) is 19.2 Å². The Morgan fingerprint density at radius 2 is 2.37 bits per heavy atom. The molecule has 1 N–H and O–H groups in total. The second-order valence-electron chi connectivity index (χ2n) is 4.09. The second-order valence-corrected chi connectivity index (χ2v) is 5.02. The zero-order valence-corrected chi connectivity index (χ0v) is 11.8. The average Bonchev–Trinajstić information content (AvgIpc) is 2.96. The van der Waals surface area contributed by atoms with Crippen LogP contribution in [0.2, 0.25) is 0 Å². The summed E-state index contributed by atoms with van der Waals surface area (Å²) in [5.41, 5.74) is 0.450. The van der Waals surface area contributed by atoms with E-state index in [-0.39, 0.29) is 11.7 Å². The summed E-state index contributed by atoms with van der Waals surface area (Å²) in [6.07, 6.45) is 1.72. The van der Waals surface area contributed by atoms with Gasteiger partial charge < -0.3 is 5.32 Å². The summed E-state index contributed by atoms with van der Waals surface area (Å²) in [4.78, 5) is 14.9. The van der Waals surface area contributed by atoms with Crippen molar-refractivity contribution >= 4 is 22.8 Å². The zero-order chi connectivity index (χ0) is 14.0. The van der Waals surface area contributed by atoms with Crippen molar-refractivity contribution in [2.24, 2.45) is 0 Å². The molecule has 0 amide bonds. The number of anilines is 1. The van der Waals surface area contributed by atoms with Crippen LogP contribution in [0.15, 0.2) is 11.6 Å². The number of aromatic nitrogens is 3. The van der Waals surface area contributed by atoms with E-state index in [1.54, 1.807) is 17.8 Å². The van der Waals surface area contributed by atoms with Crippen LogP contribution in [0.1, 0.15) is 30.6 Å². The van der Waals surface area contributed by atoms with E-state index in [1.165, 1.54) is 11.3 Å². The third kappa shape index (κ3) is 2.58. The van der Waals surface area contributed by atoms with Crippen LogP contribution in [-0.4, -0.2) is 19.7 Å². The van der Waals surface area contributed by atoms with Crippen molar-refractivity contribution in [3.8, 4) is 0 Å². The molecule has 19 heavy (non-hydrogen) atoms. The number of nitro groups is 1. The molecule has 0 saturated heterocycles. The van der Waals surface area contributed by atoms with Crippen molar-refractivity contribution < 1.29 is 4.92 Å². The second kappa shape index (κ2) is 5.35. The van der Waals surface area contributed by atoms with Crippen LogP contribution in [0.4, 0.5) is 11.5 Å². The van der Waals surface area contributed by atoms with Crippen LogP contribution in [0, 0.1) is 17.0 Å². The van der Waals surface area contributed by atoms with Crippen molar-refractivity contribution in [1.82, 2.24) is 14.8 Å². The number of aryl methyl sites for hydroxylation is 2. The molecule has 8 heteroatoms. The standard InChI is InChI=1S/C11H15N5O2S/c1-4-15-10(9(16(17)18)7(2)14-15)13-8(3)11-12-5-6-19-11/h5-6,8,13H,4H2,1-3H3. The van der Waals surface area contributed by atoms with Crippen molar-refractivity contribution in [3.63, 3.8) is 0 Å². The van der Waals surface area contributed by atoms with E-state index < -0.39 is 4.92 Å². The van der Waals surface area contributed by atoms with Crippen molar-refractivity contribution in [1.29, 1.82) is 0 Å². The number of hydrogen-bond donors (Lipinski definition) is 1. The number of rotatable bonds is 5. The maximum atomic E-state index is 11.1. The van der Waals surface area contributed by atoms with E-state index in [9.17, 15) is 10.1 Å². The molecule has 0 aliphatic carbocycles. The predicted molar refractivity (Wildman–Crippen MR) is 73.4 cm³/mol. The zero-order valence-electron chi connectivity index (χ0n) is 11.0. The van der Waals surface area contributed by atoms with Gasteiger partial charge in [0, 0.05) is 18.1 Å². The fraction of sp³-hybridized carbons (Fsp3) is 0.455. The lowest BCUT2D eigenvalue weighted by Gasteiger charge is -2.12.